The number of nitrogens with zero attached hydrogens (tertiary/aromatic N) is 2. The Bertz CT molecular complexity index is 1260. The predicted molar refractivity (Wildman–Crippen MR) is 128 cm³/mol. The van der Waals surface area contributed by atoms with Crippen molar-refractivity contribution in [1.82, 2.24) is 9.97 Å². The first kappa shape index (κ1) is 21.4. The van der Waals surface area contributed by atoms with E-state index in [1.54, 1.807) is 21.3 Å². The molecular formula is C26H27N3O3. The van der Waals surface area contributed by atoms with Crippen LogP contribution >= 0.6 is 0 Å². The monoisotopic (exact) mass is 429 g/mol. The number of aryl methyl sites for hydroxylation is 1. The van der Waals surface area contributed by atoms with Gasteiger partial charge >= 0.3 is 0 Å². The number of benzene rings is 3. The quantitative estimate of drug-likeness (QED) is 0.400. The molecule has 0 aliphatic rings. The molecule has 0 saturated carbocycles. The Morgan fingerprint density at radius 3 is 2.19 bits per heavy atom. The Morgan fingerprint density at radius 2 is 1.47 bits per heavy atom. The molecule has 164 valence electrons. The number of aromatic nitrogens is 2. The molecule has 0 radical (unpaired) electrons. The van der Waals surface area contributed by atoms with Gasteiger partial charge in [0.2, 0.25) is 0 Å². The van der Waals surface area contributed by atoms with Crippen molar-refractivity contribution in [3.8, 4) is 28.4 Å². The molecule has 32 heavy (non-hydrogen) atoms. The van der Waals surface area contributed by atoms with Crippen LogP contribution in [0.25, 0.3) is 22.0 Å². The number of hydrogen-bond donors (Lipinski definition) is 1. The maximum atomic E-state index is 5.48. The zero-order valence-corrected chi connectivity index (χ0v) is 19.0. The Hall–Kier alpha value is -3.80. The summed E-state index contributed by atoms with van der Waals surface area (Å²) in [4.78, 5) is 9.24. The van der Waals surface area contributed by atoms with Gasteiger partial charge in [-0.3, -0.25) is 0 Å². The molecule has 1 heterocycles. The zero-order chi connectivity index (χ0) is 22.7. The SMILES string of the molecule is COc1cccc(-c2cccc([C@@H](C)Nc3nc(C)nc4cc(OC)c(OC)cc34)c2)c1. The summed E-state index contributed by atoms with van der Waals surface area (Å²) in [5.41, 5.74) is 4.19. The van der Waals surface area contributed by atoms with E-state index in [1.165, 1.54) is 0 Å². The van der Waals surface area contributed by atoms with Gasteiger partial charge in [-0.1, -0.05) is 30.3 Å². The van der Waals surface area contributed by atoms with Gasteiger partial charge < -0.3 is 19.5 Å². The zero-order valence-electron chi connectivity index (χ0n) is 19.0. The molecule has 1 N–H and O–H groups in total. The number of ether oxygens (including phenoxy) is 3. The van der Waals surface area contributed by atoms with Crippen LogP contribution in [0.15, 0.2) is 60.7 Å². The molecule has 0 amide bonds. The fraction of sp³-hybridized carbons (Fsp3) is 0.231. The van der Waals surface area contributed by atoms with Crippen molar-refractivity contribution < 1.29 is 14.2 Å². The van der Waals surface area contributed by atoms with Gasteiger partial charge in [0, 0.05) is 17.5 Å². The van der Waals surface area contributed by atoms with Crippen LogP contribution in [-0.4, -0.2) is 31.3 Å². The lowest BCUT2D eigenvalue weighted by atomic mass is 10.00. The van der Waals surface area contributed by atoms with Crippen LogP contribution in [0.2, 0.25) is 0 Å². The van der Waals surface area contributed by atoms with Crippen LogP contribution in [0.3, 0.4) is 0 Å². The average Bonchev–Trinajstić information content (AvgIpc) is 2.83. The molecule has 0 aliphatic heterocycles. The smallest absolute Gasteiger partial charge is 0.162 e. The third-order valence-corrected chi connectivity index (χ3v) is 5.46. The van der Waals surface area contributed by atoms with Crippen LogP contribution in [0.4, 0.5) is 5.82 Å². The van der Waals surface area contributed by atoms with Crippen molar-refractivity contribution in [2.24, 2.45) is 0 Å². The molecule has 0 bridgehead atoms. The molecule has 0 spiro atoms. The Labute approximate surface area is 188 Å². The molecular weight excluding hydrogens is 402 g/mol. The van der Waals surface area contributed by atoms with E-state index in [1.807, 2.05) is 37.3 Å². The highest BCUT2D eigenvalue weighted by atomic mass is 16.5. The minimum absolute atomic E-state index is 0.0196. The molecule has 0 fully saturated rings. The summed E-state index contributed by atoms with van der Waals surface area (Å²) in [6.07, 6.45) is 0. The molecule has 0 saturated heterocycles. The average molecular weight is 430 g/mol. The highest BCUT2D eigenvalue weighted by molar-refractivity contribution is 5.92. The summed E-state index contributed by atoms with van der Waals surface area (Å²) >= 11 is 0. The molecule has 6 nitrogen and oxygen atoms in total. The molecule has 0 unspecified atom stereocenters. The predicted octanol–water partition coefficient (Wildman–Crippen LogP) is 5.80. The summed E-state index contributed by atoms with van der Waals surface area (Å²) in [5, 5.41) is 4.44. The molecule has 6 heteroatoms. The summed E-state index contributed by atoms with van der Waals surface area (Å²) in [7, 11) is 4.92. The van der Waals surface area contributed by atoms with Crippen molar-refractivity contribution in [3.63, 3.8) is 0 Å². The van der Waals surface area contributed by atoms with Crippen LogP contribution < -0.4 is 19.5 Å². The van der Waals surface area contributed by atoms with Crippen molar-refractivity contribution >= 4 is 16.7 Å². The molecule has 4 aromatic rings. The van der Waals surface area contributed by atoms with E-state index in [-0.39, 0.29) is 6.04 Å². The number of hydrogen-bond acceptors (Lipinski definition) is 6. The number of anilines is 1. The van der Waals surface area contributed by atoms with Crippen molar-refractivity contribution in [3.05, 3.63) is 72.1 Å². The second-order valence-corrected chi connectivity index (χ2v) is 7.57. The number of fused-ring (bicyclic) bond motifs is 1. The Kier molecular flexibility index (Phi) is 6.12. The van der Waals surface area contributed by atoms with Crippen LogP contribution in [0.1, 0.15) is 24.4 Å². The van der Waals surface area contributed by atoms with Crippen LogP contribution in [-0.2, 0) is 0 Å². The lowest BCUT2D eigenvalue weighted by molar-refractivity contribution is 0.356. The topological polar surface area (TPSA) is 65.5 Å². The largest absolute Gasteiger partial charge is 0.497 e. The van der Waals surface area contributed by atoms with Gasteiger partial charge in [0.15, 0.2) is 11.5 Å². The lowest BCUT2D eigenvalue weighted by Gasteiger charge is -2.18. The van der Waals surface area contributed by atoms with E-state index in [0.29, 0.717) is 17.3 Å². The van der Waals surface area contributed by atoms with Gasteiger partial charge in [-0.2, -0.15) is 0 Å². The van der Waals surface area contributed by atoms with Crippen LogP contribution in [0.5, 0.6) is 17.2 Å². The second kappa shape index (κ2) is 9.14. The van der Waals surface area contributed by atoms with E-state index in [2.05, 4.69) is 52.5 Å². The third kappa shape index (κ3) is 4.30. The van der Waals surface area contributed by atoms with E-state index in [4.69, 9.17) is 14.2 Å². The van der Waals surface area contributed by atoms with E-state index in [0.717, 1.165) is 39.2 Å². The van der Waals surface area contributed by atoms with Crippen molar-refractivity contribution in [2.45, 2.75) is 19.9 Å². The summed E-state index contributed by atoms with van der Waals surface area (Å²) in [5.74, 6) is 3.56. The normalized spacial score (nSPS) is 11.8. The van der Waals surface area contributed by atoms with Crippen molar-refractivity contribution in [1.29, 1.82) is 0 Å². The van der Waals surface area contributed by atoms with Gasteiger partial charge in [-0.15, -0.1) is 0 Å². The molecule has 3 aromatic carbocycles. The lowest BCUT2D eigenvalue weighted by Crippen LogP contribution is -2.10. The number of methoxy groups -OCH3 is 3. The maximum Gasteiger partial charge on any atom is 0.162 e. The second-order valence-electron chi connectivity index (χ2n) is 7.57. The first-order chi connectivity index (χ1) is 15.5. The first-order valence-corrected chi connectivity index (χ1v) is 10.4. The number of rotatable bonds is 7. The fourth-order valence-electron chi connectivity index (χ4n) is 3.76. The first-order valence-electron chi connectivity index (χ1n) is 10.4. The van der Waals surface area contributed by atoms with Gasteiger partial charge in [0.25, 0.3) is 0 Å². The van der Waals surface area contributed by atoms with Gasteiger partial charge in [0.05, 0.1) is 26.8 Å². The van der Waals surface area contributed by atoms with Crippen LogP contribution in [0, 0.1) is 6.92 Å². The molecule has 1 atom stereocenters. The Morgan fingerprint density at radius 1 is 0.781 bits per heavy atom. The summed E-state index contributed by atoms with van der Waals surface area (Å²) in [6.45, 7) is 4.00. The summed E-state index contributed by atoms with van der Waals surface area (Å²) in [6, 6.07) is 20.4. The third-order valence-electron chi connectivity index (χ3n) is 5.46. The van der Waals surface area contributed by atoms with Gasteiger partial charge in [0.1, 0.15) is 17.4 Å². The van der Waals surface area contributed by atoms with E-state index >= 15 is 0 Å². The maximum absolute atomic E-state index is 5.48. The van der Waals surface area contributed by atoms with E-state index in [9.17, 15) is 0 Å². The fourth-order valence-corrected chi connectivity index (χ4v) is 3.76. The minimum Gasteiger partial charge on any atom is -0.497 e. The molecule has 1 aromatic heterocycles. The van der Waals surface area contributed by atoms with Crippen molar-refractivity contribution in [2.75, 3.05) is 26.6 Å². The number of nitrogens with one attached hydrogen (secondary N) is 1. The van der Waals surface area contributed by atoms with E-state index < -0.39 is 0 Å². The molecule has 0 aliphatic carbocycles. The minimum atomic E-state index is 0.0196. The summed E-state index contributed by atoms with van der Waals surface area (Å²) < 4.78 is 16.3. The van der Waals surface area contributed by atoms with Gasteiger partial charge in [-0.25, -0.2) is 9.97 Å². The molecule has 4 rings (SSSR count). The van der Waals surface area contributed by atoms with Gasteiger partial charge in [-0.05, 0) is 54.8 Å². The highest BCUT2D eigenvalue weighted by Crippen LogP contribution is 2.35. The Balaban J connectivity index is 1.69. The highest BCUT2D eigenvalue weighted by Gasteiger charge is 2.15. The standard InChI is InChI=1S/C26H27N3O3/c1-16(18-8-6-9-19(12-18)20-10-7-11-21(13-20)30-3)27-26-22-14-24(31-4)25(32-5)15-23(22)28-17(2)29-26/h6-16H,1-5H3,(H,27,28,29)/t16-/m1/s1.